The lowest BCUT2D eigenvalue weighted by Gasteiger charge is -2.38. The van der Waals surface area contributed by atoms with Gasteiger partial charge in [0, 0.05) is 113 Å². The molecule has 2 aromatic rings. The molecular weight excluding hydrogens is 1040 g/mol. The number of hydrogen-bond donors (Lipinski definition) is 6. The van der Waals surface area contributed by atoms with Crippen molar-refractivity contribution in [2.24, 2.45) is 39.7 Å². The number of amides is 2. The summed E-state index contributed by atoms with van der Waals surface area (Å²) in [6.07, 6.45) is 3.30. The summed E-state index contributed by atoms with van der Waals surface area (Å²) >= 11 is 0. The average Bonchev–Trinajstić information content (AvgIpc) is 4.17. The number of carbonyl (C=O) groups is 5. The van der Waals surface area contributed by atoms with Crippen LogP contribution in [0, 0.1) is 36.5 Å². The molecule has 0 unspecified atom stereocenters. The number of sulfonamides is 1. The van der Waals surface area contributed by atoms with Crippen LogP contribution in [0.1, 0.15) is 106 Å². The van der Waals surface area contributed by atoms with Crippen molar-refractivity contribution in [1.29, 1.82) is 0 Å². The molecule has 7 N–H and O–H groups in total. The number of ether oxygens (including phenoxy) is 4. The Morgan fingerprint density at radius 2 is 1.58 bits per heavy atom. The third kappa shape index (κ3) is 11.6. The fourth-order valence-corrected chi connectivity index (χ4v) is 12.4. The molecule has 428 valence electrons. The summed E-state index contributed by atoms with van der Waals surface area (Å²) in [6, 6.07) is 6.31. The number of carbonyl (C=O) groups excluding carboxylic acids is 5. The van der Waals surface area contributed by atoms with Crippen LogP contribution in [-0.2, 0) is 38.6 Å². The van der Waals surface area contributed by atoms with Gasteiger partial charge in [-0.1, -0.05) is 71.9 Å². The van der Waals surface area contributed by atoms with E-state index in [4.69, 9.17) is 29.1 Å². The number of phenolic OH excluding ortho intramolecular Hbond substituents is 1. The van der Waals surface area contributed by atoms with Crippen molar-refractivity contribution < 1.29 is 66.7 Å². The zero-order valence-corrected chi connectivity index (χ0v) is 47.4. The first-order valence-corrected chi connectivity index (χ1v) is 28.5. The van der Waals surface area contributed by atoms with Crippen LogP contribution in [0.15, 0.2) is 81.7 Å². The van der Waals surface area contributed by atoms with Gasteiger partial charge in [0.1, 0.15) is 40.3 Å². The maximum absolute atomic E-state index is 15.0. The van der Waals surface area contributed by atoms with Gasteiger partial charge < -0.3 is 59.6 Å². The Kier molecular flexibility index (Phi) is 17.1. The fraction of sp³-hybridized carbons (Fsp3) is 0.544. The molecule has 21 nitrogen and oxygen atoms in total. The number of Topliss-reactive ketones (excluding diaryl/α,β-unsaturated/α-hetero) is 2. The minimum Gasteiger partial charge on any atom is -0.507 e. The van der Waals surface area contributed by atoms with Crippen LogP contribution in [-0.4, -0.2) is 157 Å². The van der Waals surface area contributed by atoms with E-state index in [-0.39, 0.29) is 81.8 Å². The number of phenols is 1. The minimum atomic E-state index is -4.03. The zero-order valence-electron chi connectivity index (χ0n) is 46.6. The molecule has 2 amide bonds. The SMILES string of the molecule is CO[C@H]1/C=C/O[C@@]2(C)Oc3c(C)c(O)c4c(c3C2=O)C2=NC3(CCN(CC(C)C)CC3)NC2=C(NC(=O)/C(C)=C\C=C\[C@H](C)[C@H](O)[C@@H](C)[C@@H](O)[C@@H](C)[C@H](OC(=O)CC(=O)N2CCN(c3ccccc3S(N)(=O)=O)CC2)[C@@H]1C)C4=O. The third-order valence-corrected chi connectivity index (χ3v) is 17.3. The van der Waals surface area contributed by atoms with Gasteiger partial charge in [-0.25, -0.2) is 13.6 Å². The van der Waals surface area contributed by atoms with Gasteiger partial charge in [-0.05, 0) is 38.0 Å². The van der Waals surface area contributed by atoms with Gasteiger partial charge in [0.05, 0.1) is 52.8 Å². The number of rotatable bonds is 8. The molecule has 0 radical (unpaired) electrons. The molecule has 1 spiro atoms. The van der Waals surface area contributed by atoms with E-state index in [2.05, 4.69) is 29.4 Å². The summed E-state index contributed by atoms with van der Waals surface area (Å²) in [6.45, 7) is 18.6. The van der Waals surface area contributed by atoms with E-state index in [0.717, 1.165) is 6.54 Å². The number of nitrogens with zero attached hydrogens (tertiary/aromatic N) is 4. The molecule has 6 heterocycles. The third-order valence-electron chi connectivity index (χ3n) is 16.4. The molecule has 2 saturated heterocycles. The van der Waals surface area contributed by atoms with E-state index in [0.29, 0.717) is 37.5 Å². The van der Waals surface area contributed by atoms with E-state index in [1.165, 1.54) is 50.3 Å². The number of benzene rings is 2. The number of nitrogens with one attached hydrogen (secondary N) is 2. The fourth-order valence-electron chi connectivity index (χ4n) is 11.7. The van der Waals surface area contributed by atoms with Crippen molar-refractivity contribution >= 4 is 50.8 Å². The first kappa shape index (κ1) is 58.7. The van der Waals surface area contributed by atoms with Crippen LogP contribution in [0.25, 0.3) is 0 Å². The summed E-state index contributed by atoms with van der Waals surface area (Å²) in [4.78, 5) is 82.4. The summed E-state index contributed by atoms with van der Waals surface area (Å²) in [5, 5.41) is 47.4. The standard InChI is InChI=1S/C57H75N7O14S/c1-30(2)29-62-21-19-57(20-22-62)60-45-42-43-50(69)36(8)53-44(42)54(71)56(9,78-53)76-27-18-38(75-10)33(5)52(77-41(66)28-40(65)64-25-23-63(24-26-64)37-16-11-12-17-39(37)79(58,73)74)35(7)49(68)34(6)48(67)31(3)14-13-15-32(4)55(72)59-47(51(43)70)46(45)61-57/h11-18,27,30-31,33-35,38,48-49,52,61,67-69H,19-26,28-29H2,1-10H3,(H,59,72)(H2,58,73,74)/b14-13+,27-18+,32-15-/t31-,33+,34+,35+,38-,48-,49+,52+,56-/m0/s1. The molecule has 2 fully saturated rings. The van der Waals surface area contributed by atoms with Gasteiger partial charge in [-0.15, -0.1) is 0 Å². The maximum atomic E-state index is 15.0. The zero-order chi connectivity index (χ0) is 57.6. The highest BCUT2D eigenvalue weighted by molar-refractivity contribution is 7.89. The lowest BCUT2D eigenvalue weighted by molar-refractivity contribution is -0.165. The van der Waals surface area contributed by atoms with E-state index in [9.17, 15) is 47.7 Å². The Bertz CT molecular complexity index is 3040. The highest BCUT2D eigenvalue weighted by Crippen LogP contribution is 2.50. The van der Waals surface area contributed by atoms with Crippen LogP contribution in [0.3, 0.4) is 0 Å². The van der Waals surface area contributed by atoms with E-state index in [1.807, 2.05) is 0 Å². The molecule has 7 aliphatic rings. The number of anilines is 1. The number of aliphatic imine (C=N–C) groups is 1. The molecule has 6 aliphatic heterocycles. The molecule has 9 rings (SSSR count). The van der Waals surface area contributed by atoms with Crippen molar-refractivity contribution in [3.8, 4) is 11.5 Å². The highest BCUT2D eigenvalue weighted by atomic mass is 32.2. The predicted octanol–water partition coefficient (Wildman–Crippen LogP) is 3.98. The van der Waals surface area contributed by atoms with Crippen LogP contribution < -0.4 is 25.4 Å². The molecule has 5 bridgehead atoms. The van der Waals surface area contributed by atoms with Gasteiger partial charge in [-0.2, -0.15) is 0 Å². The van der Waals surface area contributed by atoms with Gasteiger partial charge in [0.25, 0.3) is 11.7 Å². The second kappa shape index (κ2) is 23.0. The smallest absolute Gasteiger partial charge is 0.315 e. The number of likely N-dealkylation sites (tertiary alicyclic amines) is 1. The number of aliphatic hydroxyl groups excluding tert-OH is 2. The molecule has 9 atom stereocenters. The Hall–Kier alpha value is -6.43. The number of aromatic hydroxyl groups is 1. The predicted molar refractivity (Wildman–Crippen MR) is 292 cm³/mol. The van der Waals surface area contributed by atoms with E-state index >= 15 is 0 Å². The number of piperidine rings is 1. The number of para-hydroxylation sites is 1. The largest absolute Gasteiger partial charge is 0.507 e. The topological polar surface area (TPSA) is 289 Å². The lowest BCUT2D eigenvalue weighted by atomic mass is 9.78. The van der Waals surface area contributed by atoms with Crippen molar-refractivity contribution in [1.82, 2.24) is 20.4 Å². The van der Waals surface area contributed by atoms with Crippen molar-refractivity contribution in [2.75, 3.05) is 57.8 Å². The van der Waals surface area contributed by atoms with Crippen LogP contribution in [0.4, 0.5) is 5.69 Å². The number of ketones is 2. The number of hydrogen-bond acceptors (Lipinski definition) is 18. The Labute approximate surface area is 461 Å². The normalized spacial score (nSPS) is 30.2. The number of allylic oxidation sites excluding steroid dienone is 4. The second-order valence-corrected chi connectivity index (χ2v) is 24.0. The molecule has 2 aromatic carbocycles. The summed E-state index contributed by atoms with van der Waals surface area (Å²) in [5.41, 5.74) is -0.208. The quantitative estimate of drug-likeness (QED) is 0.161. The monoisotopic (exact) mass is 1110 g/mol. The molecule has 22 heteroatoms. The molecule has 0 saturated carbocycles. The number of primary sulfonamides is 1. The first-order chi connectivity index (χ1) is 37.2. The van der Waals surface area contributed by atoms with E-state index in [1.54, 1.807) is 69.9 Å². The van der Waals surface area contributed by atoms with Crippen molar-refractivity contribution in [2.45, 2.75) is 122 Å². The lowest BCUT2D eigenvalue weighted by Crippen LogP contribution is -2.50. The first-order valence-electron chi connectivity index (χ1n) is 27.0. The molecule has 79 heavy (non-hydrogen) atoms. The summed E-state index contributed by atoms with van der Waals surface area (Å²) in [7, 11) is -2.62. The molecule has 1 aliphatic carbocycles. The minimum absolute atomic E-state index is 0.0240. The van der Waals surface area contributed by atoms with Crippen LogP contribution in [0.2, 0.25) is 0 Å². The van der Waals surface area contributed by atoms with Crippen molar-refractivity contribution in [3.63, 3.8) is 0 Å². The van der Waals surface area contributed by atoms with Gasteiger partial charge in [-0.3, -0.25) is 29.0 Å². The summed E-state index contributed by atoms with van der Waals surface area (Å²) in [5.74, 6) is -8.74. The highest BCUT2D eigenvalue weighted by Gasteiger charge is 2.54. The average molecular weight is 1110 g/mol. The Morgan fingerprint density at radius 3 is 2.23 bits per heavy atom. The maximum Gasteiger partial charge on any atom is 0.315 e. The van der Waals surface area contributed by atoms with Crippen molar-refractivity contribution in [3.05, 3.63) is 94.1 Å². The number of methoxy groups -OCH3 is 1. The van der Waals surface area contributed by atoms with Gasteiger partial charge in [0.2, 0.25) is 21.7 Å². The molecular formula is C57H75N7O14S. The number of aliphatic hydroxyl groups is 2. The number of piperazine rings is 1. The van der Waals surface area contributed by atoms with Gasteiger partial charge in [0.15, 0.2) is 0 Å². The summed E-state index contributed by atoms with van der Waals surface area (Å²) < 4.78 is 49.2. The number of nitrogens with two attached hydrogens (primary N) is 1. The van der Waals surface area contributed by atoms with Gasteiger partial charge >= 0.3 is 11.8 Å². The number of esters is 1. The van der Waals surface area contributed by atoms with Crippen LogP contribution in [0.5, 0.6) is 11.5 Å². The Morgan fingerprint density at radius 1 is 0.911 bits per heavy atom. The second-order valence-electron chi connectivity index (χ2n) is 22.5. The molecule has 0 aromatic heterocycles. The number of fused-ring (bicyclic) bond motifs is 13. The van der Waals surface area contributed by atoms with E-state index < -0.39 is 111 Å². The van der Waals surface area contributed by atoms with Crippen LogP contribution >= 0.6 is 0 Å². The Balaban J connectivity index is 1.11.